The Morgan fingerprint density at radius 3 is 2.78 bits per heavy atom. The molecule has 0 radical (unpaired) electrons. The molecule has 0 fully saturated rings. The fourth-order valence-corrected chi connectivity index (χ4v) is 2.29. The quantitative estimate of drug-likeness (QED) is 0.821. The number of nitrogens with zero attached hydrogens (tertiary/aromatic N) is 1. The number of carbonyl (C=O) groups is 1. The molecule has 23 heavy (non-hydrogen) atoms. The molecule has 0 spiro atoms. The summed E-state index contributed by atoms with van der Waals surface area (Å²) >= 11 is 11.8. The van der Waals surface area contributed by atoms with Gasteiger partial charge in [0.1, 0.15) is 6.26 Å². The molecule has 2 atom stereocenters. The summed E-state index contributed by atoms with van der Waals surface area (Å²) in [5, 5.41) is 3.67. The van der Waals surface area contributed by atoms with Crippen LogP contribution in [0.4, 0.5) is 0 Å². The zero-order valence-electron chi connectivity index (χ0n) is 13.0. The Bertz CT molecular complexity index is 688. The molecule has 0 bridgehead atoms. The number of rotatable bonds is 6. The van der Waals surface area contributed by atoms with E-state index in [2.05, 4.69) is 10.3 Å². The topological polar surface area (TPSA) is 81.1 Å². The summed E-state index contributed by atoms with van der Waals surface area (Å²) in [4.78, 5) is 16.3. The third-order valence-electron chi connectivity index (χ3n) is 3.73. The van der Waals surface area contributed by atoms with Crippen LogP contribution in [-0.4, -0.2) is 10.9 Å². The average molecular weight is 356 g/mol. The summed E-state index contributed by atoms with van der Waals surface area (Å²) in [7, 11) is 0. The summed E-state index contributed by atoms with van der Waals surface area (Å²) in [5.41, 5.74) is 7.09. The third-order valence-corrected chi connectivity index (χ3v) is 4.47. The van der Waals surface area contributed by atoms with Crippen molar-refractivity contribution >= 4 is 29.1 Å². The summed E-state index contributed by atoms with van der Waals surface area (Å²) in [6.45, 7) is 4.37. The van der Waals surface area contributed by atoms with E-state index < -0.39 is 0 Å². The van der Waals surface area contributed by atoms with Gasteiger partial charge in [-0.15, -0.1) is 0 Å². The van der Waals surface area contributed by atoms with Crippen molar-refractivity contribution in [3.63, 3.8) is 0 Å². The number of hydrogen-bond acceptors (Lipinski definition) is 4. The van der Waals surface area contributed by atoms with E-state index >= 15 is 0 Å². The van der Waals surface area contributed by atoms with E-state index in [-0.39, 0.29) is 23.6 Å². The minimum Gasteiger partial charge on any atom is -0.446 e. The van der Waals surface area contributed by atoms with Crippen LogP contribution in [0.3, 0.4) is 0 Å². The van der Waals surface area contributed by atoms with Gasteiger partial charge in [-0.25, -0.2) is 4.98 Å². The first-order valence-corrected chi connectivity index (χ1v) is 8.11. The van der Waals surface area contributed by atoms with Crippen LogP contribution in [0.2, 0.25) is 10.0 Å². The average Bonchev–Trinajstić information content (AvgIpc) is 3.04. The van der Waals surface area contributed by atoms with E-state index in [1.165, 1.54) is 6.26 Å². The molecule has 124 valence electrons. The van der Waals surface area contributed by atoms with Crippen LogP contribution >= 0.6 is 23.2 Å². The fraction of sp³-hybridized carbons (Fsp3) is 0.375. The number of benzene rings is 1. The van der Waals surface area contributed by atoms with E-state index in [4.69, 9.17) is 33.4 Å². The van der Waals surface area contributed by atoms with E-state index in [1.54, 1.807) is 18.2 Å². The van der Waals surface area contributed by atoms with Gasteiger partial charge in [-0.05, 0) is 23.6 Å². The van der Waals surface area contributed by atoms with Gasteiger partial charge in [0.25, 0.3) is 5.91 Å². The normalized spacial score (nSPS) is 13.6. The van der Waals surface area contributed by atoms with Crippen molar-refractivity contribution in [3.8, 4) is 0 Å². The van der Waals surface area contributed by atoms with Crippen molar-refractivity contribution < 1.29 is 9.21 Å². The molecule has 2 aromatic rings. The Kier molecular flexibility index (Phi) is 6.04. The van der Waals surface area contributed by atoms with Crippen LogP contribution in [0.25, 0.3) is 0 Å². The number of nitrogens with two attached hydrogens (primary N) is 1. The SMILES string of the molecule is CCC(C)C(N)c1nc(C(=O)NCc2ccc(Cl)c(Cl)c2)co1. The molecular weight excluding hydrogens is 337 g/mol. The molecule has 0 saturated heterocycles. The fourth-order valence-electron chi connectivity index (χ4n) is 1.96. The number of nitrogens with one attached hydrogen (secondary N) is 1. The van der Waals surface area contributed by atoms with Crippen LogP contribution in [0.5, 0.6) is 0 Å². The maximum Gasteiger partial charge on any atom is 0.273 e. The number of halogens is 2. The molecular formula is C16H19Cl2N3O2. The molecule has 0 aliphatic carbocycles. The lowest BCUT2D eigenvalue weighted by Gasteiger charge is -2.13. The van der Waals surface area contributed by atoms with Gasteiger partial charge in [0, 0.05) is 6.54 Å². The Morgan fingerprint density at radius 2 is 2.13 bits per heavy atom. The summed E-state index contributed by atoms with van der Waals surface area (Å²) in [6, 6.07) is 4.86. The van der Waals surface area contributed by atoms with Crippen LogP contribution in [-0.2, 0) is 6.54 Å². The first-order valence-electron chi connectivity index (χ1n) is 7.35. The molecule has 2 rings (SSSR count). The highest BCUT2D eigenvalue weighted by Crippen LogP contribution is 2.23. The Labute approximate surface area is 145 Å². The molecule has 1 aromatic carbocycles. The Hall–Kier alpha value is -1.56. The standard InChI is InChI=1S/C16H19Cl2N3O2/c1-3-9(2)14(19)16-21-13(8-23-16)15(22)20-7-10-4-5-11(17)12(18)6-10/h4-6,8-9,14H,3,7,19H2,1-2H3,(H,20,22). The minimum absolute atomic E-state index is 0.207. The summed E-state index contributed by atoms with van der Waals surface area (Å²) in [6.07, 6.45) is 2.23. The highest BCUT2D eigenvalue weighted by molar-refractivity contribution is 6.42. The second kappa shape index (κ2) is 7.81. The maximum atomic E-state index is 12.1. The van der Waals surface area contributed by atoms with E-state index in [0.29, 0.717) is 22.5 Å². The van der Waals surface area contributed by atoms with Gasteiger partial charge in [-0.2, -0.15) is 0 Å². The first kappa shape index (κ1) is 17.8. The van der Waals surface area contributed by atoms with Gasteiger partial charge in [-0.1, -0.05) is 49.5 Å². The number of amides is 1. The summed E-state index contributed by atoms with van der Waals surface area (Å²) < 4.78 is 5.32. The molecule has 7 heteroatoms. The third kappa shape index (κ3) is 4.47. The molecule has 3 N–H and O–H groups in total. The summed E-state index contributed by atoms with van der Waals surface area (Å²) in [5.74, 6) is 0.266. The smallest absolute Gasteiger partial charge is 0.273 e. The second-order valence-electron chi connectivity index (χ2n) is 5.41. The number of hydrogen-bond donors (Lipinski definition) is 2. The van der Waals surface area contributed by atoms with Crippen molar-refractivity contribution in [3.05, 3.63) is 51.7 Å². The van der Waals surface area contributed by atoms with Crippen molar-refractivity contribution in [1.82, 2.24) is 10.3 Å². The lowest BCUT2D eigenvalue weighted by molar-refractivity contribution is 0.0946. The molecule has 5 nitrogen and oxygen atoms in total. The first-order chi connectivity index (χ1) is 10.9. The largest absolute Gasteiger partial charge is 0.446 e. The van der Waals surface area contributed by atoms with Crippen LogP contribution in [0, 0.1) is 5.92 Å². The molecule has 0 aliphatic rings. The lowest BCUT2D eigenvalue weighted by atomic mass is 10.0. The van der Waals surface area contributed by atoms with E-state index in [9.17, 15) is 4.79 Å². The van der Waals surface area contributed by atoms with Gasteiger partial charge < -0.3 is 15.5 Å². The lowest BCUT2D eigenvalue weighted by Crippen LogP contribution is -2.24. The predicted octanol–water partition coefficient (Wildman–Crippen LogP) is 3.96. The van der Waals surface area contributed by atoms with Gasteiger partial charge >= 0.3 is 0 Å². The van der Waals surface area contributed by atoms with Gasteiger partial charge in [0.15, 0.2) is 5.69 Å². The van der Waals surface area contributed by atoms with Crippen LogP contribution < -0.4 is 11.1 Å². The number of aromatic nitrogens is 1. The maximum absolute atomic E-state index is 12.1. The molecule has 0 saturated carbocycles. The van der Waals surface area contributed by atoms with Gasteiger partial charge in [0.05, 0.1) is 16.1 Å². The Balaban J connectivity index is 1.98. The molecule has 2 unspecified atom stereocenters. The zero-order valence-corrected chi connectivity index (χ0v) is 14.5. The highest BCUT2D eigenvalue weighted by atomic mass is 35.5. The molecule has 1 heterocycles. The minimum atomic E-state index is -0.331. The van der Waals surface area contributed by atoms with E-state index in [0.717, 1.165) is 12.0 Å². The Morgan fingerprint density at radius 1 is 1.39 bits per heavy atom. The predicted molar refractivity (Wildman–Crippen MR) is 90.5 cm³/mol. The molecule has 1 aromatic heterocycles. The van der Waals surface area contributed by atoms with Crippen molar-refractivity contribution in [2.75, 3.05) is 0 Å². The van der Waals surface area contributed by atoms with Crippen molar-refractivity contribution in [2.45, 2.75) is 32.9 Å². The van der Waals surface area contributed by atoms with Crippen LogP contribution in [0.15, 0.2) is 28.9 Å². The van der Waals surface area contributed by atoms with Gasteiger partial charge in [-0.3, -0.25) is 4.79 Å². The number of oxazole rings is 1. The van der Waals surface area contributed by atoms with Crippen molar-refractivity contribution in [2.24, 2.45) is 11.7 Å². The molecule has 0 aliphatic heterocycles. The second-order valence-corrected chi connectivity index (χ2v) is 6.23. The highest BCUT2D eigenvalue weighted by Gasteiger charge is 2.20. The molecule has 1 amide bonds. The van der Waals surface area contributed by atoms with Crippen LogP contribution in [0.1, 0.15) is 48.3 Å². The van der Waals surface area contributed by atoms with Crippen molar-refractivity contribution in [1.29, 1.82) is 0 Å². The number of carbonyl (C=O) groups excluding carboxylic acids is 1. The van der Waals surface area contributed by atoms with E-state index in [1.807, 2.05) is 13.8 Å². The zero-order chi connectivity index (χ0) is 17.0. The van der Waals surface area contributed by atoms with Gasteiger partial charge in [0.2, 0.25) is 5.89 Å². The monoisotopic (exact) mass is 355 g/mol.